The summed E-state index contributed by atoms with van der Waals surface area (Å²) in [6.45, 7) is 2.30. The summed E-state index contributed by atoms with van der Waals surface area (Å²) >= 11 is 7.61. The van der Waals surface area contributed by atoms with Crippen LogP contribution >= 0.6 is 22.9 Å². The van der Waals surface area contributed by atoms with Crippen molar-refractivity contribution in [1.29, 1.82) is 0 Å². The molecule has 0 bridgehead atoms. The van der Waals surface area contributed by atoms with Gasteiger partial charge in [0.15, 0.2) is 5.13 Å². The molecule has 1 atom stereocenters. The van der Waals surface area contributed by atoms with Gasteiger partial charge in [-0.15, -0.1) is 11.3 Å². The Morgan fingerprint density at radius 1 is 1.50 bits per heavy atom. The number of fused-ring (bicyclic) bond motifs is 2. The quantitative estimate of drug-likeness (QED) is 0.891. The molecule has 0 saturated carbocycles. The third kappa shape index (κ3) is 3.14. The molecule has 1 aromatic carbocycles. The number of amides is 1. The normalized spacial score (nSPS) is 20.0. The van der Waals surface area contributed by atoms with Crippen molar-refractivity contribution in [2.75, 3.05) is 25.5 Å². The van der Waals surface area contributed by atoms with Gasteiger partial charge in [0, 0.05) is 29.4 Å². The summed E-state index contributed by atoms with van der Waals surface area (Å²) in [6.07, 6.45) is 1.58. The van der Waals surface area contributed by atoms with E-state index >= 15 is 0 Å². The molecule has 1 amide bonds. The molecule has 0 spiro atoms. The molecule has 0 fully saturated rings. The van der Waals surface area contributed by atoms with Gasteiger partial charge in [-0.25, -0.2) is 4.98 Å². The zero-order valence-electron chi connectivity index (χ0n) is 13.3. The number of anilines is 1. The maximum absolute atomic E-state index is 12.6. The number of hydrogen-bond acceptors (Lipinski definition) is 5. The molecule has 5 nitrogen and oxygen atoms in total. The van der Waals surface area contributed by atoms with Gasteiger partial charge in [0.05, 0.1) is 11.6 Å². The molecule has 24 heavy (non-hydrogen) atoms. The maximum Gasteiger partial charge on any atom is 0.233 e. The van der Waals surface area contributed by atoms with Gasteiger partial charge in [-0.2, -0.15) is 0 Å². The predicted octanol–water partition coefficient (Wildman–Crippen LogP) is 2.97. The van der Waals surface area contributed by atoms with E-state index in [0.717, 1.165) is 36.5 Å². The summed E-state index contributed by atoms with van der Waals surface area (Å²) in [6, 6.07) is 5.53. The van der Waals surface area contributed by atoms with Crippen molar-refractivity contribution in [3.05, 3.63) is 39.4 Å². The number of thiazole rings is 1. The molecule has 0 radical (unpaired) electrons. The monoisotopic (exact) mass is 363 g/mol. The third-order valence-corrected chi connectivity index (χ3v) is 5.68. The maximum atomic E-state index is 12.6. The number of rotatable bonds is 2. The highest BCUT2D eigenvalue weighted by Crippen LogP contribution is 2.31. The zero-order chi connectivity index (χ0) is 16.7. The Morgan fingerprint density at radius 3 is 3.25 bits per heavy atom. The van der Waals surface area contributed by atoms with Gasteiger partial charge in [-0.05, 0) is 37.2 Å². The zero-order valence-corrected chi connectivity index (χ0v) is 14.9. The third-order valence-electron chi connectivity index (χ3n) is 4.45. The van der Waals surface area contributed by atoms with E-state index in [2.05, 4.69) is 22.2 Å². The van der Waals surface area contributed by atoms with Crippen LogP contribution in [0.1, 0.15) is 16.1 Å². The molecular formula is C17H18ClN3O2S. The van der Waals surface area contributed by atoms with Gasteiger partial charge in [-0.3, -0.25) is 4.79 Å². The van der Waals surface area contributed by atoms with Gasteiger partial charge in [-0.1, -0.05) is 11.6 Å². The van der Waals surface area contributed by atoms with Crippen LogP contribution in [0.4, 0.5) is 5.13 Å². The van der Waals surface area contributed by atoms with E-state index in [4.69, 9.17) is 16.3 Å². The second kappa shape index (κ2) is 6.35. The van der Waals surface area contributed by atoms with E-state index in [1.54, 1.807) is 17.4 Å². The molecule has 126 valence electrons. The van der Waals surface area contributed by atoms with Crippen molar-refractivity contribution < 1.29 is 9.53 Å². The van der Waals surface area contributed by atoms with Crippen LogP contribution in [0.3, 0.4) is 0 Å². The summed E-state index contributed by atoms with van der Waals surface area (Å²) in [5.41, 5.74) is 2.10. The Kier molecular flexibility index (Phi) is 4.20. The highest BCUT2D eigenvalue weighted by molar-refractivity contribution is 7.15. The smallest absolute Gasteiger partial charge is 0.233 e. The first-order valence-electron chi connectivity index (χ1n) is 7.97. The van der Waals surface area contributed by atoms with E-state index < -0.39 is 0 Å². The molecule has 1 aromatic heterocycles. The topological polar surface area (TPSA) is 54.5 Å². The number of likely N-dealkylation sites (N-methyl/N-ethyl adjacent to an activating group) is 1. The first-order valence-corrected chi connectivity index (χ1v) is 9.17. The van der Waals surface area contributed by atoms with E-state index in [-0.39, 0.29) is 11.8 Å². The number of hydrogen-bond donors (Lipinski definition) is 1. The number of carbonyl (C=O) groups excluding carboxylic acids is 1. The molecule has 0 unspecified atom stereocenters. The van der Waals surface area contributed by atoms with Crippen LogP contribution in [-0.4, -0.2) is 36.0 Å². The predicted molar refractivity (Wildman–Crippen MR) is 94.9 cm³/mol. The lowest BCUT2D eigenvalue weighted by molar-refractivity contribution is -0.121. The molecule has 3 heterocycles. The van der Waals surface area contributed by atoms with Gasteiger partial charge in [0.25, 0.3) is 0 Å². The number of ether oxygens (including phenoxy) is 1. The van der Waals surface area contributed by atoms with Crippen molar-refractivity contribution in [2.24, 2.45) is 5.92 Å². The molecule has 2 aliphatic heterocycles. The van der Waals surface area contributed by atoms with E-state index in [9.17, 15) is 4.79 Å². The Balaban J connectivity index is 1.45. The van der Waals surface area contributed by atoms with Crippen molar-refractivity contribution in [3.8, 4) is 5.75 Å². The van der Waals surface area contributed by atoms with Crippen LogP contribution in [0.5, 0.6) is 5.75 Å². The molecule has 4 rings (SSSR count). The SMILES string of the molecule is CN1CCc2nc(NC(=O)[C@H]3COc4ccc(Cl)cc4C3)sc2C1. The Labute approximate surface area is 149 Å². The first kappa shape index (κ1) is 15.9. The number of halogens is 1. The van der Waals surface area contributed by atoms with E-state index in [1.165, 1.54) is 4.88 Å². The van der Waals surface area contributed by atoms with Gasteiger partial charge in [0.1, 0.15) is 12.4 Å². The molecule has 0 saturated heterocycles. The number of nitrogens with one attached hydrogen (secondary N) is 1. The second-order valence-electron chi connectivity index (χ2n) is 6.33. The van der Waals surface area contributed by atoms with Crippen molar-refractivity contribution in [3.63, 3.8) is 0 Å². The fraction of sp³-hybridized carbons (Fsp3) is 0.412. The average Bonchev–Trinajstić information content (AvgIpc) is 2.95. The molecule has 2 aromatic rings. The van der Waals surface area contributed by atoms with Crippen LogP contribution in [0.2, 0.25) is 5.02 Å². The fourth-order valence-corrected chi connectivity index (χ4v) is 4.40. The van der Waals surface area contributed by atoms with Crippen LogP contribution in [-0.2, 0) is 24.2 Å². The number of nitrogens with zero attached hydrogens (tertiary/aromatic N) is 2. The summed E-state index contributed by atoms with van der Waals surface area (Å²) in [7, 11) is 2.10. The average molecular weight is 364 g/mol. The molecular weight excluding hydrogens is 346 g/mol. The van der Waals surface area contributed by atoms with Crippen LogP contribution in [0.15, 0.2) is 18.2 Å². The number of carbonyl (C=O) groups is 1. The number of benzene rings is 1. The minimum atomic E-state index is -0.223. The Hall–Kier alpha value is -1.63. The molecule has 2 aliphatic rings. The van der Waals surface area contributed by atoms with Crippen LogP contribution in [0, 0.1) is 5.92 Å². The summed E-state index contributed by atoms with van der Waals surface area (Å²) in [5, 5.41) is 4.32. The van der Waals surface area contributed by atoms with Gasteiger partial charge in [0.2, 0.25) is 5.91 Å². The summed E-state index contributed by atoms with van der Waals surface area (Å²) in [5.74, 6) is 0.552. The summed E-state index contributed by atoms with van der Waals surface area (Å²) in [4.78, 5) is 20.7. The fourth-order valence-electron chi connectivity index (χ4n) is 3.12. The summed E-state index contributed by atoms with van der Waals surface area (Å²) < 4.78 is 5.70. The first-order chi connectivity index (χ1) is 11.6. The van der Waals surface area contributed by atoms with Crippen molar-refractivity contribution in [2.45, 2.75) is 19.4 Å². The van der Waals surface area contributed by atoms with E-state index in [0.29, 0.717) is 23.2 Å². The molecule has 0 aliphatic carbocycles. The van der Waals surface area contributed by atoms with Gasteiger partial charge >= 0.3 is 0 Å². The minimum Gasteiger partial charge on any atom is -0.492 e. The molecule has 1 N–H and O–H groups in total. The highest BCUT2D eigenvalue weighted by Gasteiger charge is 2.27. The lowest BCUT2D eigenvalue weighted by Crippen LogP contribution is -2.32. The van der Waals surface area contributed by atoms with Crippen LogP contribution < -0.4 is 10.1 Å². The number of aromatic nitrogens is 1. The largest absolute Gasteiger partial charge is 0.492 e. The van der Waals surface area contributed by atoms with Crippen molar-refractivity contribution in [1.82, 2.24) is 9.88 Å². The van der Waals surface area contributed by atoms with Gasteiger partial charge < -0.3 is 15.0 Å². The second-order valence-corrected chi connectivity index (χ2v) is 7.85. The lowest BCUT2D eigenvalue weighted by atomic mass is 9.96. The molecule has 7 heteroatoms. The highest BCUT2D eigenvalue weighted by atomic mass is 35.5. The Morgan fingerprint density at radius 2 is 2.38 bits per heavy atom. The Bertz CT molecular complexity index is 792. The van der Waals surface area contributed by atoms with E-state index in [1.807, 2.05) is 12.1 Å². The standard InChI is InChI=1S/C17H18ClN3O2S/c1-21-5-4-13-15(8-21)24-17(19-13)20-16(22)11-6-10-7-12(18)2-3-14(10)23-9-11/h2-3,7,11H,4-6,8-9H2,1H3,(H,19,20,22)/t11-/m1/s1. The van der Waals surface area contributed by atoms with Crippen molar-refractivity contribution >= 4 is 34.0 Å². The minimum absolute atomic E-state index is 0.0416. The lowest BCUT2D eigenvalue weighted by Gasteiger charge is -2.24. The van der Waals surface area contributed by atoms with Crippen LogP contribution in [0.25, 0.3) is 0 Å².